The van der Waals surface area contributed by atoms with Gasteiger partial charge in [0.1, 0.15) is 17.1 Å². The molecule has 0 radical (unpaired) electrons. The van der Waals surface area contributed by atoms with E-state index in [4.69, 9.17) is 14.6 Å². The van der Waals surface area contributed by atoms with Gasteiger partial charge in [-0.25, -0.2) is 4.79 Å². The van der Waals surface area contributed by atoms with E-state index >= 15 is 0 Å². The number of carbonyl (C=O) groups is 1. The number of benzene rings is 1. The lowest BCUT2D eigenvalue weighted by atomic mass is 10.0. The molecule has 0 heterocycles. The van der Waals surface area contributed by atoms with Crippen molar-refractivity contribution in [1.82, 2.24) is 0 Å². The van der Waals surface area contributed by atoms with E-state index < -0.39 is 5.97 Å². The molecule has 1 aromatic rings. The zero-order valence-corrected chi connectivity index (χ0v) is 9.25. The third-order valence-corrected chi connectivity index (χ3v) is 2.23. The predicted octanol–water partition coefficient (Wildman–Crippen LogP) is 2.02. The van der Waals surface area contributed by atoms with Crippen LogP contribution >= 0.6 is 0 Å². The molecule has 15 heavy (non-hydrogen) atoms. The average molecular weight is 210 g/mol. The standard InChI is InChI=1S/C11H14O4/c1-6-5-7(2)10(15-4)8(11(12)13)9(6)14-3/h5H,1-4H3,(H,12,13). The highest BCUT2D eigenvalue weighted by Gasteiger charge is 2.21. The SMILES string of the molecule is COc1c(C)cc(C)c(OC)c1C(=O)O. The third kappa shape index (κ3) is 1.88. The molecule has 4 heteroatoms. The molecule has 82 valence electrons. The van der Waals surface area contributed by atoms with Gasteiger partial charge in [-0.2, -0.15) is 0 Å². The van der Waals surface area contributed by atoms with Crippen molar-refractivity contribution in [3.63, 3.8) is 0 Å². The monoisotopic (exact) mass is 210 g/mol. The predicted molar refractivity (Wildman–Crippen MR) is 56.0 cm³/mol. The minimum absolute atomic E-state index is 0.0810. The van der Waals surface area contributed by atoms with Crippen LogP contribution in [0.2, 0.25) is 0 Å². The van der Waals surface area contributed by atoms with Gasteiger partial charge in [0.15, 0.2) is 0 Å². The van der Waals surface area contributed by atoms with E-state index in [1.807, 2.05) is 6.07 Å². The molecule has 0 saturated carbocycles. The van der Waals surface area contributed by atoms with Crippen molar-refractivity contribution in [3.8, 4) is 11.5 Å². The zero-order valence-electron chi connectivity index (χ0n) is 9.25. The summed E-state index contributed by atoms with van der Waals surface area (Å²) in [7, 11) is 2.90. The van der Waals surface area contributed by atoms with E-state index in [1.165, 1.54) is 14.2 Å². The minimum atomic E-state index is -1.05. The Balaban J connectivity index is 3.58. The molecule has 0 saturated heterocycles. The first kappa shape index (κ1) is 11.4. The lowest BCUT2D eigenvalue weighted by Crippen LogP contribution is -2.06. The molecule has 0 aliphatic rings. The van der Waals surface area contributed by atoms with Gasteiger partial charge in [0.25, 0.3) is 0 Å². The normalized spacial score (nSPS) is 9.87. The largest absolute Gasteiger partial charge is 0.495 e. The summed E-state index contributed by atoms with van der Waals surface area (Å²) >= 11 is 0. The summed E-state index contributed by atoms with van der Waals surface area (Å²) < 4.78 is 10.1. The quantitative estimate of drug-likeness (QED) is 0.829. The topological polar surface area (TPSA) is 55.8 Å². The number of rotatable bonds is 3. The van der Waals surface area contributed by atoms with E-state index in [2.05, 4.69) is 0 Å². The molecule has 0 amide bonds. The molecular weight excluding hydrogens is 196 g/mol. The summed E-state index contributed by atoms with van der Waals surface area (Å²) in [5.41, 5.74) is 1.65. The Bertz CT molecular complexity index is 368. The molecule has 0 fully saturated rings. The number of methoxy groups -OCH3 is 2. The Hall–Kier alpha value is -1.71. The van der Waals surface area contributed by atoms with Crippen LogP contribution < -0.4 is 9.47 Å². The molecular formula is C11H14O4. The Morgan fingerprint density at radius 2 is 1.53 bits per heavy atom. The Labute approximate surface area is 88.4 Å². The maximum atomic E-state index is 11.1. The first-order chi connectivity index (χ1) is 7.02. The van der Waals surface area contributed by atoms with Gasteiger partial charge < -0.3 is 14.6 Å². The number of aryl methyl sites for hydroxylation is 2. The van der Waals surface area contributed by atoms with Gasteiger partial charge in [0.2, 0.25) is 0 Å². The summed E-state index contributed by atoms with van der Waals surface area (Å²) in [6, 6.07) is 1.84. The number of carboxylic acids is 1. The van der Waals surface area contributed by atoms with Crippen LogP contribution in [0.5, 0.6) is 11.5 Å². The van der Waals surface area contributed by atoms with Crippen molar-refractivity contribution in [2.45, 2.75) is 13.8 Å². The van der Waals surface area contributed by atoms with Crippen molar-refractivity contribution in [3.05, 3.63) is 22.8 Å². The third-order valence-electron chi connectivity index (χ3n) is 2.23. The van der Waals surface area contributed by atoms with Crippen LogP contribution in [0.25, 0.3) is 0 Å². The van der Waals surface area contributed by atoms with Gasteiger partial charge in [-0.15, -0.1) is 0 Å². The van der Waals surface area contributed by atoms with Crippen LogP contribution in [0.15, 0.2) is 6.07 Å². The lowest BCUT2D eigenvalue weighted by Gasteiger charge is -2.14. The van der Waals surface area contributed by atoms with Gasteiger partial charge in [0, 0.05) is 0 Å². The van der Waals surface area contributed by atoms with Crippen molar-refractivity contribution in [2.24, 2.45) is 0 Å². The second-order valence-corrected chi connectivity index (χ2v) is 3.26. The van der Waals surface area contributed by atoms with Crippen molar-refractivity contribution < 1.29 is 19.4 Å². The van der Waals surface area contributed by atoms with Gasteiger partial charge in [-0.1, -0.05) is 0 Å². The fourth-order valence-electron chi connectivity index (χ4n) is 1.67. The van der Waals surface area contributed by atoms with Crippen LogP contribution in [0.3, 0.4) is 0 Å². The van der Waals surface area contributed by atoms with E-state index in [9.17, 15) is 4.79 Å². The fraction of sp³-hybridized carbons (Fsp3) is 0.364. The van der Waals surface area contributed by atoms with Crippen LogP contribution in [0.1, 0.15) is 21.5 Å². The minimum Gasteiger partial charge on any atom is -0.495 e. The molecule has 0 aromatic heterocycles. The smallest absolute Gasteiger partial charge is 0.343 e. The molecule has 0 unspecified atom stereocenters. The van der Waals surface area contributed by atoms with E-state index in [-0.39, 0.29) is 5.56 Å². The Morgan fingerprint density at radius 1 is 1.13 bits per heavy atom. The number of carboxylic acid groups (broad SMARTS) is 1. The second kappa shape index (κ2) is 4.21. The van der Waals surface area contributed by atoms with Crippen LogP contribution in [0.4, 0.5) is 0 Å². The molecule has 0 atom stereocenters. The second-order valence-electron chi connectivity index (χ2n) is 3.26. The molecule has 0 aliphatic heterocycles. The Kier molecular flexibility index (Phi) is 3.19. The average Bonchev–Trinajstić information content (AvgIpc) is 2.16. The Morgan fingerprint density at radius 3 is 1.80 bits per heavy atom. The van der Waals surface area contributed by atoms with E-state index in [0.717, 1.165) is 11.1 Å². The maximum Gasteiger partial charge on any atom is 0.343 e. The summed E-state index contributed by atoms with van der Waals surface area (Å²) in [5, 5.41) is 9.10. The van der Waals surface area contributed by atoms with E-state index in [0.29, 0.717) is 11.5 Å². The molecule has 1 N–H and O–H groups in total. The summed E-state index contributed by atoms with van der Waals surface area (Å²) in [6.07, 6.45) is 0. The highest BCUT2D eigenvalue weighted by Crippen LogP contribution is 2.34. The molecule has 4 nitrogen and oxygen atoms in total. The van der Waals surface area contributed by atoms with Crippen molar-refractivity contribution in [1.29, 1.82) is 0 Å². The summed E-state index contributed by atoms with van der Waals surface area (Å²) in [5.74, 6) is -0.342. The number of hydrogen-bond donors (Lipinski definition) is 1. The summed E-state index contributed by atoms with van der Waals surface area (Å²) in [6.45, 7) is 3.61. The lowest BCUT2D eigenvalue weighted by molar-refractivity contribution is 0.0689. The fourth-order valence-corrected chi connectivity index (χ4v) is 1.67. The van der Waals surface area contributed by atoms with Crippen molar-refractivity contribution >= 4 is 5.97 Å². The van der Waals surface area contributed by atoms with E-state index in [1.54, 1.807) is 13.8 Å². The first-order valence-corrected chi connectivity index (χ1v) is 4.48. The highest BCUT2D eigenvalue weighted by molar-refractivity contribution is 5.95. The summed E-state index contributed by atoms with van der Waals surface area (Å²) in [4.78, 5) is 11.1. The zero-order chi connectivity index (χ0) is 11.6. The maximum absolute atomic E-state index is 11.1. The van der Waals surface area contributed by atoms with Gasteiger partial charge >= 0.3 is 5.97 Å². The molecule has 1 aromatic carbocycles. The molecule has 0 bridgehead atoms. The van der Waals surface area contributed by atoms with Crippen LogP contribution in [-0.4, -0.2) is 25.3 Å². The van der Waals surface area contributed by atoms with Gasteiger partial charge in [-0.05, 0) is 31.0 Å². The van der Waals surface area contributed by atoms with Crippen LogP contribution in [0, 0.1) is 13.8 Å². The number of ether oxygens (including phenoxy) is 2. The molecule has 1 rings (SSSR count). The molecule has 0 spiro atoms. The first-order valence-electron chi connectivity index (χ1n) is 4.48. The van der Waals surface area contributed by atoms with Crippen LogP contribution in [-0.2, 0) is 0 Å². The number of hydrogen-bond acceptors (Lipinski definition) is 3. The number of aromatic carboxylic acids is 1. The van der Waals surface area contributed by atoms with Gasteiger partial charge in [0.05, 0.1) is 14.2 Å². The van der Waals surface area contributed by atoms with Gasteiger partial charge in [-0.3, -0.25) is 0 Å². The van der Waals surface area contributed by atoms with Crippen molar-refractivity contribution in [2.75, 3.05) is 14.2 Å². The highest BCUT2D eigenvalue weighted by atomic mass is 16.5. The molecule has 0 aliphatic carbocycles.